The van der Waals surface area contributed by atoms with Gasteiger partial charge in [-0.1, -0.05) is 42.0 Å². The molecule has 1 aromatic heterocycles. The number of benzene rings is 2. The van der Waals surface area contributed by atoms with E-state index in [1.54, 1.807) is 0 Å². The second-order valence-corrected chi connectivity index (χ2v) is 9.93. The lowest BCUT2D eigenvalue weighted by Gasteiger charge is -2.03. The van der Waals surface area contributed by atoms with Gasteiger partial charge in [0.1, 0.15) is 0 Å². The number of rotatable bonds is 5. The van der Waals surface area contributed by atoms with Crippen molar-refractivity contribution in [1.29, 1.82) is 0 Å². The summed E-state index contributed by atoms with van der Waals surface area (Å²) in [6.07, 6.45) is 1.10. The monoisotopic (exact) mass is 391 g/mol. The Kier molecular flexibility index (Phi) is 4.68. The highest BCUT2D eigenvalue weighted by Crippen LogP contribution is 2.19. The van der Waals surface area contributed by atoms with Crippen LogP contribution < -0.4 is 0 Å². The molecule has 26 heavy (non-hydrogen) atoms. The summed E-state index contributed by atoms with van der Waals surface area (Å²) in [6.45, 7) is 1.95. The summed E-state index contributed by atoms with van der Waals surface area (Å²) in [6, 6.07) is 13.1. The van der Waals surface area contributed by atoms with Gasteiger partial charge >= 0.3 is 0 Å². The number of aromatic amines is 1. The Morgan fingerprint density at radius 1 is 0.923 bits per heavy atom. The van der Waals surface area contributed by atoms with Gasteiger partial charge in [0.05, 0.1) is 10.6 Å². The average molecular weight is 391 g/mol. The van der Waals surface area contributed by atoms with Crippen LogP contribution in [-0.2, 0) is 25.4 Å². The molecule has 0 saturated carbocycles. The van der Waals surface area contributed by atoms with E-state index in [4.69, 9.17) is 0 Å². The Hall–Kier alpha value is -2.52. The third-order valence-corrected chi connectivity index (χ3v) is 6.39. The van der Waals surface area contributed by atoms with Crippen molar-refractivity contribution in [2.45, 2.75) is 22.7 Å². The van der Waals surface area contributed by atoms with E-state index in [2.05, 4.69) is 15.2 Å². The summed E-state index contributed by atoms with van der Waals surface area (Å²) in [5.41, 5.74) is 2.26. The summed E-state index contributed by atoms with van der Waals surface area (Å²) in [5.74, 6) is -0.00413. The number of hydrogen-bond donors (Lipinski definition) is 1. The maximum Gasteiger partial charge on any atom is 0.243 e. The summed E-state index contributed by atoms with van der Waals surface area (Å²) < 4.78 is 48.0. The van der Waals surface area contributed by atoms with Gasteiger partial charge in [0, 0.05) is 11.8 Å². The van der Waals surface area contributed by atoms with Gasteiger partial charge in [-0.15, -0.1) is 0 Å². The molecule has 3 rings (SSSR count). The van der Waals surface area contributed by atoms with E-state index in [0.717, 1.165) is 11.8 Å². The molecule has 0 bridgehead atoms. The summed E-state index contributed by atoms with van der Waals surface area (Å²) >= 11 is 0. The Balaban J connectivity index is 1.84. The number of aromatic nitrogens is 3. The molecule has 9 heteroatoms. The standard InChI is InChI=1S/C17H17N3O4S2/c1-12-3-7-14(8-4-12)16-18-17(20-19-16)26(23,24)11-13-5-9-15(10-6-13)25(2,21)22/h3-10H,11H2,1-2H3,(H,18,19,20). The van der Waals surface area contributed by atoms with Crippen LogP contribution in [0, 0.1) is 6.92 Å². The molecule has 0 spiro atoms. The first-order chi connectivity index (χ1) is 12.1. The van der Waals surface area contributed by atoms with Gasteiger partial charge < -0.3 is 0 Å². The van der Waals surface area contributed by atoms with Crippen LogP contribution in [0.4, 0.5) is 0 Å². The number of hydrogen-bond acceptors (Lipinski definition) is 6. The number of nitrogens with zero attached hydrogens (tertiary/aromatic N) is 2. The first-order valence-corrected chi connectivity index (χ1v) is 11.2. The van der Waals surface area contributed by atoms with Crippen molar-refractivity contribution in [2.24, 2.45) is 0 Å². The summed E-state index contributed by atoms with van der Waals surface area (Å²) in [5, 5.41) is 6.22. The fourth-order valence-electron chi connectivity index (χ4n) is 2.34. The van der Waals surface area contributed by atoms with E-state index in [-0.39, 0.29) is 15.8 Å². The van der Waals surface area contributed by atoms with Crippen LogP contribution in [-0.4, -0.2) is 38.3 Å². The van der Waals surface area contributed by atoms with Crippen LogP contribution in [0.3, 0.4) is 0 Å². The molecule has 0 atom stereocenters. The van der Waals surface area contributed by atoms with Gasteiger partial charge in [-0.05, 0) is 24.6 Å². The summed E-state index contributed by atoms with van der Waals surface area (Å²) in [7, 11) is -7.06. The van der Waals surface area contributed by atoms with E-state index in [9.17, 15) is 16.8 Å². The van der Waals surface area contributed by atoms with E-state index < -0.39 is 19.7 Å². The van der Waals surface area contributed by atoms with Gasteiger partial charge in [0.15, 0.2) is 15.7 Å². The van der Waals surface area contributed by atoms with Gasteiger partial charge in [0.25, 0.3) is 0 Å². The lowest BCUT2D eigenvalue weighted by molar-refractivity contribution is 0.587. The molecule has 7 nitrogen and oxygen atoms in total. The normalized spacial score (nSPS) is 12.2. The Labute approximate surface area is 152 Å². The lowest BCUT2D eigenvalue weighted by atomic mass is 10.1. The molecule has 2 aromatic carbocycles. The molecule has 0 fully saturated rings. The van der Waals surface area contributed by atoms with Gasteiger partial charge in [0.2, 0.25) is 15.0 Å². The number of H-pyrrole nitrogens is 1. The van der Waals surface area contributed by atoms with Gasteiger partial charge in [-0.25, -0.2) is 21.9 Å². The van der Waals surface area contributed by atoms with Gasteiger partial charge in [-0.2, -0.15) is 10.1 Å². The zero-order valence-electron chi connectivity index (χ0n) is 14.2. The number of sulfone groups is 2. The predicted octanol–water partition coefficient (Wildman–Crippen LogP) is 2.16. The number of nitrogens with one attached hydrogen (secondary N) is 1. The first-order valence-electron chi connectivity index (χ1n) is 7.66. The molecule has 1 heterocycles. The largest absolute Gasteiger partial charge is 0.249 e. The minimum Gasteiger partial charge on any atom is -0.249 e. The van der Waals surface area contributed by atoms with Gasteiger partial charge in [-0.3, -0.25) is 0 Å². The molecule has 0 unspecified atom stereocenters. The zero-order valence-corrected chi connectivity index (χ0v) is 15.8. The molecule has 0 amide bonds. The van der Waals surface area contributed by atoms with Crippen molar-refractivity contribution < 1.29 is 16.8 Å². The van der Waals surface area contributed by atoms with Crippen molar-refractivity contribution in [3.8, 4) is 11.4 Å². The second kappa shape index (κ2) is 6.65. The van der Waals surface area contributed by atoms with Crippen molar-refractivity contribution in [2.75, 3.05) is 6.26 Å². The smallest absolute Gasteiger partial charge is 0.243 e. The number of aryl methyl sites for hydroxylation is 1. The maximum absolute atomic E-state index is 12.5. The summed E-state index contributed by atoms with van der Waals surface area (Å²) in [4.78, 5) is 4.22. The van der Waals surface area contributed by atoms with Crippen molar-refractivity contribution in [3.63, 3.8) is 0 Å². The van der Waals surface area contributed by atoms with Crippen LogP contribution >= 0.6 is 0 Å². The first kappa shape index (κ1) is 18.3. The quantitative estimate of drug-likeness (QED) is 0.714. The predicted molar refractivity (Wildman–Crippen MR) is 97.0 cm³/mol. The fraction of sp³-hybridized carbons (Fsp3) is 0.176. The highest BCUT2D eigenvalue weighted by atomic mass is 32.2. The molecule has 0 radical (unpaired) electrons. The lowest BCUT2D eigenvalue weighted by Crippen LogP contribution is -2.07. The molecule has 0 aliphatic carbocycles. The van der Waals surface area contributed by atoms with Crippen molar-refractivity contribution in [1.82, 2.24) is 15.2 Å². The third-order valence-electron chi connectivity index (χ3n) is 3.78. The molecule has 3 aromatic rings. The van der Waals surface area contributed by atoms with E-state index in [1.165, 1.54) is 24.3 Å². The van der Waals surface area contributed by atoms with Crippen LogP contribution in [0.1, 0.15) is 11.1 Å². The third kappa shape index (κ3) is 4.00. The van der Waals surface area contributed by atoms with Crippen LogP contribution in [0.25, 0.3) is 11.4 Å². The van der Waals surface area contributed by atoms with Crippen molar-refractivity contribution >= 4 is 19.7 Å². The molecular formula is C17H17N3O4S2. The second-order valence-electron chi connectivity index (χ2n) is 6.01. The molecule has 0 aliphatic rings. The van der Waals surface area contributed by atoms with Crippen molar-refractivity contribution in [3.05, 3.63) is 59.7 Å². The Morgan fingerprint density at radius 2 is 1.54 bits per heavy atom. The highest BCUT2D eigenvalue weighted by molar-refractivity contribution is 7.91. The van der Waals surface area contributed by atoms with Crippen LogP contribution in [0.2, 0.25) is 0 Å². The zero-order chi connectivity index (χ0) is 18.9. The molecule has 0 aliphatic heterocycles. The topological polar surface area (TPSA) is 110 Å². The Morgan fingerprint density at radius 3 is 2.12 bits per heavy atom. The SMILES string of the molecule is Cc1ccc(-c2n[nH]c(S(=O)(=O)Cc3ccc(S(C)(=O)=O)cc3)n2)cc1. The highest BCUT2D eigenvalue weighted by Gasteiger charge is 2.21. The van der Waals surface area contributed by atoms with E-state index >= 15 is 0 Å². The van der Waals surface area contributed by atoms with Crippen LogP contribution in [0.5, 0.6) is 0 Å². The molecule has 1 N–H and O–H groups in total. The molecule has 136 valence electrons. The Bertz CT molecular complexity index is 1130. The minimum absolute atomic E-state index is 0.139. The van der Waals surface area contributed by atoms with E-state index in [0.29, 0.717) is 17.0 Å². The maximum atomic E-state index is 12.5. The molecule has 0 saturated heterocycles. The van der Waals surface area contributed by atoms with E-state index in [1.807, 2.05) is 31.2 Å². The fourth-order valence-corrected chi connectivity index (χ4v) is 4.15. The van der Waals surface area contributed by atoms with Crippen LogP contribution in [0.15, 0.2) is 58.6 Å². The minimum atomic E-state index is -3.74. The molecular weight excluding hydrogens is 374 g/mol. The average Bonchev–Trinajstić information content (AvgIpc) is 3.06.